The third kappa shape index (κ3) is 4.19. The van der Waals surface area contributed by atoms with E-state index in [1.54, 1.807) is 0 Å². The fourth-order valence-corrected chi connectivity index (χ4v) is 4.19. The molecule has 3 saturated heterocycles. The van der Waals surface area contributed by atoms with E-state index in [2.05, 4.69) is 24.4 Å². The zero-order chi connectivity index (χ0) is 16.9. The first-order chi connectivity index (χ1) is 11.7. The summed E-state index contributed by atoms with van der Waals surface area (Å²) in [4.78, 5) is 10.5. The number of carbonyl (C=O) groups is 1. The van der Waals surface area contributed by atoms with Crippen molar-refractivity contribution in [2.75, 3.05) is 6.54 Å². The molecule has 2 bridgehead atoms. The minimum absolute atomic E-state index is 0.233. The molecule has 0 aromatic rings. The molecular weight excluding hydrogens is 306 g/mol. The molecule has 6 atom stereocenters. The van der Waals surface area contributed by atoms with Gasteiger partial charge in [-0.15, -0.1) is 0 Å². The van der Waals surface area contributed by atoms with Gasteiger partial charge in [-0.3, -0.25) is 4.79 Å². The third-order valence-electron chi connectivity index (χ3n) is 5.51. The number of fused-ring (bicyclic) bond motifs is 5. The number of hydrogen-bond acceptors (Lipinski definition) is 4. The maximum atomic E-state index is 10.5. The van der Waals surface area contributed by atoms with Gasteiger partial charge in [0, 0.05) is 18.4 Å². The third-order valence-corrected chi connectivity index (χ3v) is 5.51. The summed E-state index contributed by atoms with van der Waals surface area (Å²) in [6.45, 7) is 3.30. The molecule has 3 rings (SSSR count). The van der Waals surface area contributed by atoms with E-state index >= 15 is 0 Å². The van der Waals surface area contributed by atoms with E-state index in [0.29, 0.717) is 30.6 Å². The van der Waals surface area contributed by atoms with Gasteiger partial charge in [0.2, 0.25) is 0 Å². The molecule has 0 aromatic heterocycles. The van der Waals surface area contributed by atoms with Crippen LogP contribution in [0.4, 0.5) is 0 Å². The monoisotopic (exact) mass is 337 g/mol. The Balaban J connectivity index is 1.42. The molecule has 0 unspecified atom stereocenters. The Morgan fingerprint density at radius 2 is 1.83 bits per heavy atom. The molecule has 3 aliphatic rings. The van der Waals surface area contributed by atoms with Crippen LogP contribution in [-0.4, -0.2) is 48.1 Å². The Kier molecular flexibility index (Phi) is 6.31. The van der Waals surface area contributed by atoms with Crippen molar-refractivity contribution < 1.29 is 19.4 Å². The quantitative estimate of drug-likeness (QED) is 0.325. The predicted octanol–water partition coefficient (Wildman–Crippen LogP) is 2.89. The fourth-order valence-electron chi connectivity index (χ4n) is 4.19. The first-order valence-electron chi connectivity index (χ1n) is 9.63. The summed E-state index contributed by atoms with van der Waals surface area (Å²) in [7, 11) is 0. The zero-order valence-electron chi connectivity index (χ0n) is 14.7. The van der Waals surface area contributed by atoms with Gasteiger partial charge in [-0.25, -0.2) is 0 Å². The van der Waals surface area contributed by atoms with Crippen molar-refractivity contribution in [3.63, 3.8) is 0 Å². The topological polar surface area (TPSA) is 71.1 Å². The Bertz CT molecular complexity index is 453. The summed E-state index contributed by atoms with van der Waals surface area (Å²) < 4.78 is 11.9. The highest BCUT2D eigenvalue weighted by molar-refractivity contribution is 5.66. The molecule has 3 aliphatic heterocycles. The van der Waals surface area contributed by atoms with Crippen LogP contribution in [0.25, 0.3) is 0 Å². The van der Waals surface area contributed by atoms with Gasteiger partial charge < -0.3 is 19.9 Å². The highest BCUT2D eigenvalue weighted by Gasteiger charge is 2.68. The molecule has 136 valence electrons. The highest BCUT2D eigenvalue weighted by atomic mass is 16.7. The van der Waals surface area contributed by atoms with Gasteiger partial charge in [0.05, 0.1) is 6.10 Å². The van der Waals surface area contributed by atoms with Crippen LogP contribution in [0.1, 0.15) is 58.3 Å². The lowest BCUT2D eigenvalue weighted by Gasteiger charge is -2.26. The Labute approximate surface area is 144 Å². The number of carboxylic acids is 1. The van der Waals surface area contributed by atoms with E-state index in [0.717, 1.165) is 19.4 Å². The summed E-state index contributed by atoms with van der Waals surface area (Å²) in [6.07, 6.45) is 13.4. The molecule has 0 radical (unpaired) electrons. The van der Waals surface area contributed by atoms with Crippen LogP contribution in [0.15, 0.2) is 12.2 Å². The number of rotatable bonds is 12. The molecule has 0 saturated carbocycles. The average molecular weight is 337 g/mol. The van der Waals surface area contributed by atoms with E-state index in [1.165, 1.54) is 25.7 Å². The largest absolute Gasteiger partial charge is 0.481 e. The van der Waals surface area contributed by atoms with Crippen LogP contribution in [0.5, 0.6) is 0 Å². The molecule has 3 heterocycles. The number of aliphatic carboxylic acids is 1. The average Bonchev–Trinajstić information content (AvgIpc) is 3.19. The minimum atomic E-state index is -0.714. The Hall–Kier alpha value is -0.910. The lowest BCUT2D eigenvalue weighted by atomic mass is 9.82. The van der Waals surface area contributed by atoms with Gasteiger partial charge in [-0.05, 0) is 32.2 Å². The number of allylic oxidation sites excluding steroid dienone is 2. The van der Waals surface area contributed by atoms with E-state index < -0.39 is 5.97 Å². The predicted molar refractivity (Wildman–Crippen MR) is 92.0 cm³/mol. The standard InChI is InChI=1S/C19H31NO4/c1-2-3-4-9-12-20-15-13(10-7-5-6-8-11-14(21)22)16-18-19(24-18)17(15)23-16/h5,7,13,15-20H,2-4,6,8-12H2,1H3,(H,21,22)/b7-5-/t13-,15+,16+,17-,18-,19+/m0/s1. The first-order valence-corrected chi connectivity index (χ1v) is 9.63. The van der Waals surface area contributed by atoms with E-state index in [4.69, 9.17) is 14.6 Å². The number of unbranched alkanes of at least 4 members (excludes halogenated alkanes) is 4. The second-order valence-corrected chi connectivity index (χ2v) is 7.33. The van der Waals surface area contributed by atoms with E-state index in [1.807, 2.05) is 0 Å². The van der Waals surface area contributed by atoms with Crippen molar-refractivity contribution in [3.05, 3.63) is 12.2 Å². The molecule has 2 N–H and O–H groups in total. The number of ether oxygens (including phenoxy) is 2. The van der Waals surface area contributed by atoms with E-state index in [-0.39, 0.29) is 18.6 Å². The van der Waals surface area contributed by atoms with Crippen LogP contribution in [0, 0.1) is 5.92 Å². The van der Waals surface area contributed by atoms with Crippen molar-refractivity contribution in [2.24, 2.45) is 5.92 Å². The van der Waals surface area contributed by atoms with Crippen LogP contribution in [0.3, 0.4) is 0 Å². The summed E-state index contributed by atoms with van der Waals surface area (Å²) in [5, 5.41) is 12.4. The van der Waals surface area contributed by atoms with Gasteiger partial charge in [-0.1, -0.05) is 38.3 Å². The summed E-state index contributed by atoms with van der Waals surface area (Å²) in [5.41, 5.74) is 0. The van der Waals surface area contributed by atoms with Crippen molar-refractivity contribution in [1.29, 1.82) is 0 Å². The molecular formula is C19H31NO4. The van der Waals surface area contributed by atoms with E-state index in [9.17, 15) is 4.79 Å². The van der Waals surface area contributed by atoms with Gasteiger partial charge in [0.25, 0.3) is 0 Å². The molecule has 24 heavy (non-hydrogen) atoms. The first kappa shape index (κ1) is 17.9. The van der Waals surface area contributed by atoms with Crippen LogP contribution in [0.2, 0.25) is 0 Å². The van der Waals surface area contributed by atoms with Crippen LogP contribution >= 0.6 is 0 Å². The molecule has 3 fully saturated rings. The van der Waals surface area contributed by atoms with Gasteiger partial charge in [0.15, 0.2) is 0 Å². The summed E-state index contributed by atoms with van der Waals surface area (Å²) >= 11 is 0. The second-order valence-electron chi connectivity index (χ2n) is 7.33. The molecule has 5 heteroatoms. The SMILES string of the molecule is CCCCCCN[C@@H]1[C@H](C/C=C\CCCC(=O)O)[C@H]2O[C@@H]1[C@H]1O[C@H]12. The molecule has 0 spiro atoms. The van der Waals surface area contributed by atoms with Crippen LogP contribution < -0.4 is 5.32 Å². The molecule has 0 aromatic carbocycles. The number of nitrogens with one attached hydrogen (secondary N) is 1. The van der Waals surface area contributed by atoms with Crippen molar-refractivity contribution in [3.8, 4) is 0 Å². The van der Waals surface area contributed by atoms with Crippen LogP contribution in [-0.2, 0) is 14.3 Å². The van der Waals surface area contributed by atoms with Gasteiger partial charge in [0.1, 0.15) is 18.3 Å². The second kappa shape index (κ2) is 8.45. The maximum absolute atomic E-state index is 10.5. The zero-order valence-corrected chi connectivity index (χ0v) is 14.7. The fraction of sp³-hybridized carbons (Fsp3) is 0.842. The van der Waals surface area contributed by atoms with Crippen molar-refractivity contribution >= 4 is 5.97 Å². The maximum Gasteiger partial charge on any atom is 0.303 e. The summed E-state index contributed by atoms with van der Waals surface area (Å²) in [6, 6.07) is 0.407. The smallest absolute Gasteiger partial charge is 0.303 e. The number of carboxylic acid groups (broad SMARTS) is 1. The molecule has 0 aliphatic carbocycles. The highest BCUT2D eigenvalue weighted by Crippen LogP contribution is 2.52. The molecule has 5 nitrogen and oxygen atoms in total. The van der Waals surface area contributed by atoms with Gasteiger partial charge in [-0.2, -0.15) is 0 Å². The Morgan fingerprint density at radius 1 is 1.04 bits per heavy atom. The van der Waals surface area contributed by atoms with Crippen molar-refractivity contribution in [2.45, 2.75) is 88.7 Å². The number of hydrogen-bond donors (Lipinski definition) is 2. The Morgan fingerprint density at radius 3 is 2.62 bits per heavy atom. The molecule has 0 amide bonds. The van der Waals surface area contributed by atoms with Gasteiger partial charge >= 0.3 is 5.97 Å². The lowest BCUT2D eigenvalue weighted by molar-refractivity contribution is -0.137. The summed E-state index contributed by atoms with van der Waals surface area (Å²) in [5.74, 6) is -0.227. The number of epoxide rings is 1. The lowest BCUT2D eigenvalue weighted by Crippen LogP contribution is -2.47. The normalized spacial score (nSPS) is 36.4. The minimum Gasteiger partial charge on any atom is -0.481 e. The van der Waals surface area contributed by atoms with Crippen molar-refractivity contribution in [1.82, 2.24) is 5.32 Å².